The number of aliphatic carboxylic acids is 1. The fourth-order valence-corrected chi connectivity index (χ4v) is 0.116. The minimum absolute atomic E-state index is 0. The van der Waals surface area contributed by atoms with Crippen LogP contribution in [0.25, 0.3) is 0 Å². The first kappa shape index (κ1) is 13.7. The predicted molar refractivity (Wildman–Crippen MR) is 16.0 cm³/mol. The first-order valence-corrected chi connectivity index (χ1v) is 1.85. The zero-order valence-electron chi connectivity index (χ0n) is 5.21. The molecule has 0 aliphatic rings. The van der Waals surface area contributed by atoms with Crippen molar-refractivity contribution in [3.63, 3.8) is 0 Å². The van der Waals surface area contributed by atoms with Gasteiger partial charge in [0.25, 0.3) is 0 Å². The van der Waals surface area contributed by atoms with E-state index in [-0.39, 0.29) is 29.6 Å². The number of hydrogen-bond acceptors (Lipinski definition) is 2. The molecule has 11 heavy (non-hydrogen) atoms. The van der Waals surface area contributed by atoms with Crippen LogP contribution in [-0.2, 0) is 4.79 Å². The molecular weight excluding hydrogens is 186 g/mol. The third-order valence-electron chi connectivity index (χ3n) is 0.612. The van der Waals surface area contributed by atoms with Gasteiger partial charge >= 0.3 is 41.7 Å². The van der Waals surface area contributed by atoms with Gasteiger partial charge in [-0.25, -0.2) is 0 Å². The van der Waals surface area contributed by atoms with Crippen LogP contribution in [0.3, 0.4) is 0 Å². The Balaban J connectivity index is 0. The fraction of sp³-hybridized carbons (Fsp3) is 0.667. The van der Waals surface area contributed by atoms with E-state index in [9.17, 15) is 22.0 Å². The number of hydrogen-bond donors (Lipinski definition) is 0. The summed E-state index contributed by atoms with van der Waals surface area (Å²) in [6.07, 6.45) is -6.08. The number of carboxylic acid groups (broad SMARTS) is 1. The largest absolute Gasteiger partial charge is 1.00 e. The second-order valence-electron chi connectivity index (χ2n) is 1.36. The topological polar surface area (TPSA) is 40.1 Å². The van der Waals surface area contributed by atoms with Crippen LogP contribution in [0.1, 0.15) is 0 Å². The van der Waals surface area contributed by atoms with Gasteiger partial charge in [-0.05, 0) is 0 Å². The Labute approximate surface area is 79.7 Å². The maximum absolute atomic E-state index is 11.3. The first-order valence-electron chi connectivity index (χ1n) is 1.85. The average Bonchev–Trinajstić information content (AvgIpc) is 1.62. The fourth-order valence-electron chi connectivity index (χ4n) is 0.116. The van der Waals surface area contributed by atoms with Crippen LogP contribution in [-0.4, -0.2) is 18.1 Å². The Morgan fingerprint density at radius 1 is 1.09 bits per heavy atom. The summed E-state index contributed by atoms with van der Waals surface area (Å²) in [5.74, 6) is -9.20. The molecule has 60 valence electrons. The maximum Gasteiger partial charge on any atom is 1.00 e. The average molecular weight is 186 g/mol. The van der Waals surface area contributed by atoms with E-state index in [1.807, 2.05) is 0 Å². The van der Waals surface area contributed by atoms with E-state index in [2.05, 4.69) is 0 Å². The monoisotopic (exact) mass is 186 g/mol. The van der Waals surface area contributed by atoms with E-state index in [1.54, 1.807) is 0 Å². The Hall–Kier alpha value is 0.120. The van der Waals surface area contributed by atoms with Gasteiger partial charge in [0.1, 0.15) is 5.97 Å². The normalized spacial score (nSPS) is 12.1. The van der Waals surface area contributed by atoms with Gasteiger partial charge in [0.2, 0.25) is 0 Å². The minimum atomic E-state index is -6.08. The molecule has 0 fully saturated rings. The van der Waals surface area contributed by atoms with E-state index < -0.39 is 18.1 Å². The van der Waals surface area contributed by atoms with Crippen LogP contribution in [0, 0.1) is 0 Å². The van der Waals surface area contributed by atoms with Gasteiger partial charge in [-0.3, -0.25) is 0 Å². The molecule has 0 aromatic rings. The molecule has 0 aromatic heterocycles. The Bertz CT molecular complexity index is 152. The molecule has 0 aliphatic heterocycles. The molecule has 8 heteroatoms. The maximum atomic E-state index is 11.3. The third kappa shape index (κ3) is 2.92. The molecule has 0 aliphatic carbocycles. The van der Waals surface area contributed by atoms with Crippen LogP contribution in [0.5, 0.6) is 0 Å². The number of carboxylic acids is 1. The molecule has 0 radical (unpaired) electrons. The molecule has 0 bridgehead atoms. The van der Waals surface area contributed by atoms with E-state index in [4.69, 9.17) is 9.90 Å². The van der Waals surface area contributed by atoms with Crippen molar-refractivity contribution in [1.82, 2.24) is 0 Å². The quantitative estimate of drug-likeness (QED) is 0.322. The number of rotatable bonds is 1. The molecular formula is C3F5NaO2. The van der Waals surface area contributed by atoms with Gasteiger partial charge in [0.15, 0.2) is 0 Å². The summed E-state index contributed by atoms with van der Waals surface area (Å²) in [6.45, 7) is 0. The number of alkyl halides is 5. The molecule has 0 saturated heterocycles. The standard InChI is InChI=1S/C3HF5O2.Na/c4-2(5,1(9)10)3(6,7)8;/h(H,9,10);/q;+1/p-1. The number of carbonyl (C=O) groups is 1. The van der Waals surface area contributed by atoms with Crippen molar-refractivity contribution in [2.45, 2.75) is 12.1 Å². The van der Waals surface area contributed by atoms with E-state index in [0.29, 0.717) is 0 Å². The number of carbonyl (C=O) groups excluding carboxylic acids is 1. The van der Waals surface area contributed by atoms with Crippen molar-refractivity contribution in [2.75, 3.05) is 0 Å². The molecule has 0 atom stereocenters. The Morgan fingerprint density at radius 2 is 1.36 bits per heavy atom. The Kier molecular flexibility index (Phi) is 4.58. The molecule has 0 spiro atoms. The molecule has 0 rings (SSSR count). The summed E-state index contributed by atoms with van der Waals surface area (Å²) >= 11 is 0. The van der Waals surface area contributed by atoms with Gasteiger partial charge in [0, 0.05) is 0 Å². The minimum Gasteiger partial charge on any atom is -0.544 e. The molecule has 0 saturated carbocycles. The van der Waals surface area contributed by atoms with Crippen molar-refractivity contribution < 1.29 is 61.4 Å². The van der Waals surface area contributed by atoms with Crippen LogP contribution in [0.4, 0.5) is 22.0 Å². The summed E-state index contributed by atoms with van der Waals surface area (Å²) in [7, 11) is 0. The van der Waals surface area contributed by atoms with E-state index in [0.717, 1.165) is 0 Å². The van der Waals surface area contributed by atoms with Crippen LogP contribution < -0.4 is 34.7 Å². The van der Waals surface area contributed by atoms with Crippen molar-refractivity contribution in [2.24, 2.45) is 0 Å². The second kappa shape index (κ2) is 3.68. The summed E-state index contributed by atoms with van der Waals surface area (Å²) in [4.78, 5) is 9.09. The Morgan fingerprint density at radius 3 is 1.36 bits per heavy atom. The van der Waals surface area contributed by atoms with Gasteiger partial charge in [-0.1, -0.05) is 0 Å². The van der Waals surface area contributed by atoms with Gasteiger partial charge in [-0.15, -0.1) is 0 Å². The van der Waals surface area contributed by atoms with E-state index >= 15 is 0 Å². The molecule has 2 nitrogen and oxygen atoms in total. The smallest absolute Gasteiger partial charge is 0.544 e. The van der Waals surface area contributed by atoms with Crippen molar-refractivity contribution in [3.8, 4) is 0 Å². The summed E-state index contributed by atoms with van der Waals surface area (Å²) < 4.78 is 55.3. The van der Waals surface area contributed by atoms with Crippen LogP contribution in [0.15, 0.2) is 0 Å². The second-order valence-corrected chi connectivity index (χ2v) is 1.36. The van der Waals surface area contributed by atoms with Gasteiger partial charge < -0.3 is 9.90 Å². The predicted octanol–water partition coefficient (Wildman–Crippen LogP) is -3.06. The number of halogens is 5. The van der Waals surface area contributed by atoms with Gasteiger partial charge in [0.05, 0.1) is 0 Å². The van der Waals surface area contributed by atoms with Gasteiger partial charge in [-0.2, -0.15) is 22.0 Å². The molecule has 0 N–H and O–H groups in total. The van der Waals surface area contributed by atoms with Crippen LogP contribution >= 0.6 is 0 Å². The molecule has 0 unspecified atom stereocenters. The zero-order chi connectivity index (χ0) is 8.58. The molecule has 0 heterocycles. The summed E-state index contributed by atoms with van der Waals surface area (Å²) in [5.41, 5.74) is 0. The first-order chi connectivity index (χ1) is 4.19. The SMILES string of the molecule is O=C([O-])C(F)(F)C(F)(F)F.[Na+]. The van der Waals surface area contributed by atoms with Crippen LogP contribution in [0.2, 0.25) is 0 Å². The summed E-state index contributed by atoms with van der Waals surface area (Å²) in [6, 6.07) is 0. The van der Waals surface area contributed by atoms with Crippen molar-refractivity contribution in [1.29, 1.82) is 0 Å². The van der Waals surface area contributed by atoms with E-state index in [1.165, 1.54) is 0 Å². The molecule has 0 amide bonds. The zero-order valence-corrected chi connectivity index (χ0v) is 7.21. The third-order valence-corrected chi connectivity index (χ3v) is 0.612. The summed E-state index contributed by atoms with van der Waals surface area (Å²) in [5, 5.41) is 9.09. The van der Waals surface area contributed by atoms with Crippen molar-refractivity contribution >= 4 is 5.97 Å². The van der Waals surface area contributed by atoms with Crippen molar-refractivity contribution in [3.05, 3.63) is 0 Å². The molecule has 0 aromatic carbocycles.